The number of benzene rings is 2. The minimum absolute atomic E-state index is 0.0754. The third kappa shape index (κ3) is 5.08. The van der Waals surface area contributed by atoms with Crippen LogP contribution >= 0.6 is 11.3 Å². The number of aryl methyl sites for hydroxylation is 1. The fourth-order valence-electron chi connectivity index (χ4n) is 2.86. The molecule has 0 amide bonds. The Morgan fingerprint density at radius 3 is 2.27 bits per heavy atom. The first kappa shape index (κ1) is 22.5. The van der Waals surface area contributed by atoms with Crippen LogP contribution in [0.15, 0.2) is 68.9 Å². The monoisotopic (exact) mass is 464 g/mol. The van der Waals surface area contributed by atoms with Crippen molar-refractivity contribution < 1.29 is 16.8 Å². The molecule has 0 unspecified atom stereocenters. The molecule has 1 aromatic heterocycles. The number of aromatic nitrogens is 1. The van der Waals surface area contributed by atoms with E-state index in [1.165, 1.54) is 12.1 Å². The second-order valence-electron chi connectivity index (χ2n) is 6.91. The third-order valence-electron chi connectivity index (χ3n) is 4.44. The van der Waals surface area contributed by atoms with Crippen molar-refractivity contribution in [3.05, 3.63) is 65.7 Å². The number of nitrogens with one attached hydrogen (secondary N) is 1. The lowest BCUT2D eigenvalue weighted by Crippen LogP contribution is -2.10. The Bertz CT molecular complexity index is 1200. The van der Waals surface area contributed by atoms with E-state index in [2.05, 4.69) is 10.3 Å². The van der Waals surface area contributed by atoms with Gasteiger partial charge in [-0.2, -0.15) is 0 Å². The number of sulfone groups is 2. The van der Waals surface area contributed by atoms with E-state index >= 15 is 0 Å². The molecule has 0 saturated heterocycles. The molecular weight excluding hydrogens is 440 g/mol. The van der Waals surface area contributed by atoms with E-state index in [-0.39, 0.29) is 25.0 Å². The summed E-state index contributed by atoms with van der Waals surface area (Å²) in [6.45, 7) is 4.08. The van der Waals surface area contributed by atoms with Gasteiger partial charge >= 0.3 is 0 Å². The molecule has 160 valence electrons. The molecule has 0 atom stereocenters. The highest BCUT2D eigenvalue weighted by Gasteiger charge is 2.30. The molecule has 0 fully saturated rings. The number of hydrogen-bond donors (Lipinski definition) is 1. The number of anilines is 1. The minimum atomic E-state index is -3.96. The quantitative estimate of drug-likeness (QED) is 0.512. The molecule has 0 aliphatic carbocycles. The first-order valence-corrected chi connectivity index (χ1v) is 13.5. The van der Waals surface area contributed by atoms with Crippen LogP contribution < -0.4 is 5.32 Å². The standard InChI is InChI=1S/C21H24N2O4S3/c1-3-15-29(24,25)21-23-20(30(26,27)18-11-9-16(2)10-12-18)19(28-21)22-14-13-17-7-5-4-6-8-17/h4-12,22H,3,13-15H2,1-2H3. The first-order valence-electron chi connectivity index (χ1n) is 9.57. The normalized spacial score (nSPS) is 12.1. The summed E-state index contributed by atoms with van der Waals surface area (Å²) < 4.78 is 51.3. The molecule has 30 heavy (non-hydrogen) atoms. The van der Waals surface area contributed by atoms with Crippen LogP contribution in [0.5, 0.6) is 0 Å². The minimum Gasteiger partial charge on any atom is -0.374 e. The Hall–Kier alpha value is -2.23. The van der Waals surface area contributed by atoms with E-state index in [1.807, 2.05) is 37.3 Å². The molecule has 2 aromatic carbocycles. The zero-order valence-corrected chi connectivity index (χ0v) is 19.3. The summed E-state index contributed by atoms with van der Waals surface area (Å²) in [5, 5.41) is 3.11. The van der Waals surface area contributed by atoms with Crippen molar-refractivity contribution in [2.45, 2.75) is 41.0 Å². The fraction of sp³-hybridized carbons (Fsp3) is 0.286. The SMILES string of the molecule is CCCS(=O)(=O)c1nc(S(=O)(=O)c2ccc(C)cc2)c(NCCc2ccccc2)s1. The Morgan fingerprint density at radius 2 is 1.63 bits per heavy atom. The van der Waals surface area contributed by atoms with Gasteiger partial charge in [0.05, 0.1) is 10.6 Å². The highest BCUT2D eigenvalue weighted by Crippen LogP contribution is 2.35. The Morgan fingerprint density at radius 1 is 0.967 bits per heavy atom. The van der Waals surface area contributed by atoms with E-state index in [0.717, 1.165) is 22.5 Å². The molecule has 0 aliphatic rings. The molecule has 1 N–H and O–H groups in total. The Balaban J connectivity index is 1.97. The van der Waals surface area contributed by atoms with Crippen LogP contribution in [-0.4, -0.2) is 34.1 Å². The van der Waals surface area contributed by atoms with Gasteiger partial charge in [-0.3, -0.25) is 0 Å². The summed E-state index contributed by atoms with van der Waals surface area (Å²) in [5.74, 6) is -0.0754. The number of nitrogens with zero attached hydrogens (tertiary/aromatic N) is 1. The molecule has 0 saturated carbocycles. The van der Waals surface area contributed by atoms with E-state index in [0.29, 0.717) is 19.4 Å². The van der Waals surface area contributed by atoms with Crippen molar-refractivity contribution >= 4 is 36.0 Å². The lowest BCUT2D eigenvalue weighted by atomic mass is 10.1. The maximum absolute atomic E-state index is 13.2. The molecule has 6 nitrogen and oxygen atoms in total. The maximum atomic E-state index is 13.2. The highest BCUT2D eigenvalue weighted by molar-refractivity contribution is 7.94. The summed E-state index contributed by atoms with van der Waals surface area (Å²) in [4.78, 5) is 4.16. The van der Waals surface area contributed by atoms with Crippen molar-refractivity contribution in [2.75, 3.05) is 17.6 Å². The maximum Gasteiger partial charge on any atom is 0.226 e. The van der Waals surface area contributed by atoms with Gasteiger partial charge in [-0.05, 0) is 37.5 Å². The van der Waals surface area contributed by atoms with Crippen molar-refractivity contribution in [1.29, 1.82) is 0 Å². The van der Waals surface area contributed by atoms with Gasteiger partial charge < -0.3 is 5.32 Å². The van der Waals surface area contributed by atoms with E-state index in [1.54, 1.807) is 19.1 Å². The van der Waals surface area contributed by atoms with Gasteiger partial charge in [-0.15, -0.1) is 0 Å². The van der Waals surface area contributed by atoms with Gasteiger partial charge in [0.2, 0.25) is 24.0 Å². The molecule has 0 spiro atoms. The summed E-state index contributed by atoms with van der Waals surface area (Å²) in [7, 11) is -7.60. The molecular formula is C21H24N2O4S3. The van der Waals surface area contributed by atoms with Crippen molar-refractivity contribution in [3.8, 4) is 0 Å². The van der Waals surface area contributed by atoms with Crippen LogP contribution in [-0.2, 0) is 26.1 Å². The van der Waals surface area contributed by atoms with Crippen LogP contribution in [0.3, 0.4) is 0 Å². The fourth-order valence-corrected chi connectivity index (χ4v) is 7.25. The van der Waals surface area contributed by atoms with E-state index in [4.69, 9.17) is 0 Å². The van der Waals surface area contributed by atoms with Crippen LogP contribution in [0.1, 0.15) is 24.5 Å². The lowest BCUT2D eigenvalue weighted by molar-refractivity contribution is 0.589. The van der Waals surface area contributed by atoms with Gasteiger partial charge in [-0.25, -0.2) is 21.8 Å². The zero-order valence-electron chi connectivity index (χ0n) is 16.8. The zero-order chi connectivity index (χ0) is 21.8. The molecule has 3 rings (SSSR count). The van der Waals surface area contributed by atoms with Crippen molar-refractivity contribution in [1.82, 2.24) is 4.98 Å². The second-order valence-corrected chi connectivity index (χ2v) is 12.1. The van der Waals surface area contributed by atoms with E-state index < -0.39 is 19.7 Å². The third-order valence-corrected chi connectivity index (χ3v) is 9.66. The topological polar surface area (TPSA) is 93.2 Å². The summed E-state index contributed by atoms with van der Waals surface area (Å²) in [6.07, 6.45) is 1.10. The number of thiazole rings is 1. The van der Waals surface area contributed by atoms with Gasteiger partial charge in [0.1, 0.15) is 5.00 Å². The van der Waals surface area contributed by atoms with Crippen molar-refractivity contribution in [2.24, 2.45) is 0 Å². The van der Waals surface area contributed by atoms with Crippen LogP contribution in [0, 0.1) is 6.92 Å². The average molecular weight is 465 g/mol. The molecule has 3 aromatic rings. The molecule has 0 bridgehead atoms. The molecule has 0 radical (unpaired) electrons. The predicted molar refractivity (Wildman–Crippen MR) is 120 cm³/mol. The van der Waals surface area contributed by atoms with E-state index in [9.17, 15) is 16.8 Å². The average Bonchev–Trinajstić information content (AvgIpc) is 3.15. The van der Waals surface area contributed by atoms with Crippen molar-refractivity contribution in [3.63, 3.8) is 0 Å². The molecule has 9 heteroatoms. The molecule has 0 aliphatic heterocycles. The summed E-state index contributed by atoms with van der Waals surface area (Å²) in [6, 6.07) is 16.2. The van der Waals surface area contributed by atoms with Crippen LogP contribution in [0.2, 0.25) is 0 Å². The van der Waals surface area contributed by atoms with Gasteiger partial charge in [0.25, 0.3) is 0 Å². The predicted octanol–water partition coefficient (Wildman–Crippen LogP) is 4.12. The van der Waals surface area contributed by atoms with Gasteiger partial charge in [0.15, 0.2) is 5.03 Å². The lowest BCUT2D eigenvalue weighted by Gasteiger charge is -2.07. The van der Waals surface area contributed by atoms with Crippen LogP contribution in [0.4, 0.5) is 5.00 Å². The number of rotatable bonds is 9. The highest BCUT2D eigenvalue weighted by atomic mass is 32.2. The smallest absolute Gasteiger partial charge is 0.226 e. The van der Waals surface area contributed by atoms with Gasteiger partial charge in [0, 0.05) is 6.54 Å². The van der Waals surface area contributed by atoms with Gasteiger partial charge in [-0.1, -0.05) is 66.3 Å². The Labute approximate surface area is 181 Å². The van der Waals surface area contributed by atoms with Crippen LogP contribution in [0.25, 0.3) is 0 Å². The second kappa shape index (κ2) is 9.28. The largest absolute Gasteiger partial charge is 0.374 e. The first-order chi connectivity index (χ1) is 14.2. The molecule has 1 heterocycles. The summed E-state index contributed by atoms with van der Waals surface area (Å²) in [5.41, 5.74) is 2.02. The number of hydrogen-bond acceptors (Lipinski definition) is 7. The Kier molecular flexibility index (Phi) is 6.95. The summed E-state index contributed by atoms with van der Waals surface area (Å²) >= 11 is 0.877.